The standard InChI is InChI=1S/C12H13N/c1-10-6-4-5-9-13-12-8-3-2-7-11(10)12/h2-3,5,7-9,13H,1,4,6H2/b9-5-. The third-order valence-electron chi connectivity index (χ3n) is 2.28. The molecular formula is C12H13N. The van der Waals surface area contributed by atoms with Crippen LogP contribution in [0.4, 0.5) is 5.69 Å². The van der Waals surface area contributed by atoms with E-state index in [2.05, 4.69) is 36.2 Å². The van der Waals surface area contributed by atoms with Crippen molar-refractivity contribution in [3.8, 4) is 0 Å². The van der Waals surface area contributed by atoms with Crippen LogP contribution in [-0.2, 0) is 0 Å². The van der Waals surface area contributed by atoms with Gasteiger partial charge in [-0.25, -0.2) is 0 Å². The van der Waals surface area contributed by atoms with Crippen molar-refractivity contribution in [3.63, 3.8) is 0 Å². The lowest BCUT2D eigenvalue weighted by Gasteiger charge is -2.13. The maximum atomic E-state index is 4.08. The number of nitrogens with one attached hydrogen (secondary N) is 1. The Kier molecular flexibility index (Phi) is 2.17. The molecule has 0 amide bonds. The quantitative estimate of drug-likeness (QED) is 0.630. The van der Waals surface area contributed by atoms with Gasteiger partial charge < -0.3 is 5.32 Å². The molecule has 13 heavy (non-hydrogen) atoms. The van der Waals surface area contributed by atoms with Gasteiger partial charge in [0.1, 0.15) is 0 Å². The zero-order chi connectivity index (χ0) is 9.10. The Morgan fingerprint density at radius 3 is 3.00 bits per heavy atom. The van der Waals surface area contributed by atoms with E-state index in [0.29, 0.717) is 0 Å². The number of benzene rings is 1. The van der Waals surface area contributed by atoms with Gasteiger partial charge in [0.05, 0.1) is 0 Å². The molecule has 1 aromatic rings. The van der Waals surface area contributed by atoms with E-state index in [0.717, 1.165) is 18.5 Å². The van der Waals surface area contributed by atoms with Gasteiger partial charge in [-0.05, 0) is 30.7 Å². The summed E-state index contributed by atoms with van der Waals surface area (Å²) in [7, 11) is 0. The summed E-state index contributed by atoms with van der Waals surface area (Å²) in [5, 5.41) is 3.25. The van der Waals surface area contributed by atoms with Crippen LogP contribution in [-0.4, -0.2) is 0 Å². The van der Waals surface area contributed by atoms with E-state index < -0.39 is 0 Å². The van der Waals surface area contributed by atoms with Crippen LogP contribution in [0.3, 0.4) is 0 Å². The fourth-order valence-electron chi connectivity index (χ4n) is 1.54. The molecule has 2 rings (SSSR count). The molecule has 0 bridgehead atoms. The highest BCUT2D eigenvalue weighted by atomic mass is 14.8. The zero-order valence-corrected chi connectivity index (χ0v) is 7.59. The van der Waals surface area contributed by atoms with E-state index in [9.17, 15) is 0 Å². The van der Waals surface area contributed by atoms with Crippen molar-refractivity contribution >= 4 is 11.3 Å². The number of rotatable bonds is 0. The van der Waals surface area contributed by atoms with Crippen LogP contribution >= 0.6 is 0 Å². The lowest BCUT2D eigenvalue weighted by Crippen LogP contribution is -1.96. The minimum atomic E-state index is 1.05. The van der Waals surface area contributed by atoms with Crippen LogP contribution in [0, 0.1) is 0 Å². The van der Waals surface area contributed by atoms with Gasteiger partial charge in [-0.2, -0.15) is 0 Å². The topological polar surface area (TPSA) is 12.0 Å². The molecule has 0 aromatic heterocycles. The fourth-order valence-corrected chi connectivity index (χ4v) is 1.54. The van der Waals surface area contributed by atoms with Crippen LogP contribution in [0.15, 0.2) is 43.1 Å². The van der Waals surface area contributed by atoms with Crippen LogP contribution in [0.2, 0.25) is 0 Å². The molecule has 66 valence electrons. The Labute approximate surface area is 78.8 Å². The minimum absolute atomic E-state index is 1.05. The molecule has 0 saturated heterocycles. The van der Waals surface area contributed by atoms with Crippen molar-refractivity contribution in [2.75, 3.05) is 5.32 Å². The summed E-state index contributed by atoms with van der Waals surface area (Å²) in [6.07, 6.45) is 6.27. The summed E-state index contributed by atoms with van der Waals surface area (Å²) >= 11 is 0. The van der Waals surface area contributed by atoms with E-state index >= 15 is 0 Å². The van der Waals surface area contributed by atoms with E-state index in [-0.39, 0.29) is 0 Å². The molecular weight excluding hydrogens is 158 g/mol. The molecule has 1 N–H and O–H groups in total. The number of para-hydroxylation sites is 1. The Bertz CT molecular complexity index is 350. The van der Waals surface area contributed by atoms with Crippen molar-refractivity contribution in [3.05, 3.63) is 48.7 Å². The highest BCUT2D eigenvalue weighted by Crippen LogP contribution is 2.27. The zero-order valence-electron chi connectivity index (χ0n) is 7.59. The first-order valence-corrected chi connectivity index (χ1v) is 4.56. The molecule has 0 aliphatic carbocycles. The first-order valence-electron chi connectivity index (χ1n) is 4.56. The maximum Gasteiger partial charge on any atom is 0.0455 e. The second-order valence-electron chi connectivity index (χ2n) is 3.23. The van der Waals surface area contributed by atoms with Gasteiger partial charge in [-0.15, -0.1) is 0 Å². The lowest BCUT2D eigenvalue weighted by atomic mass is 10.00. The molecule has 0 saturated carbocycles. The number of anilines is 1. The maximum absolute atomic E-state index is 4.08. The van der Waals surface area contributed by atoms with E-state index in [1.165, 1.54) is 11.1 Å². The summed E-state index contributed by atoms with van der Waals surface area (Å²) < 4.78 is 0. The first-order chi connectivity index (χ1) is 6.38. The van der Waals surface area contributed by atoms with Crippen LogP contribution in [0.5, 0.6) is 0 Å². The minimum Gasteiger partial charge on any atom is -0.362 e. The van der Waals surface area contributed by atoms with Gasteiger partial charge in [0.25, 0.3) is 0 Å². The highest BCUT2D eigenvalue weighted by molar-refractivity contribution is 5.76. The Balaban J connectivity index is 2.44. The molecule has 0 unspecified atom stereocenters. The third-order valence-corrected chi connectivity index (χ3v) is 2.28. The summed E-state index contributed by atoms with van der Waals surface area (Å²) in [6, 6.07) is 8.28. The summed E-state index contributed by atoms with van der Waals surface area (Å²) in [5.41, 5.74) is 3.61. The van der Waals surface area contributed by atoms with Crippen molar-refractivity contribution in [2.24, 2.45) is 0 Å². The molecule has 0 fully saturated rings. The van der Waals surface area contributed by atoms with Gasteiger partial charge in [0.15, 0.2) is 0 Å². The molecule has 0 spiro atoms. The van der Waals surface area contributed by atoms with Crippen molar-refractivity contribution in [1.82, 2.24) is 0 Å². The second-order valence-corrected chi connectivity index (χ2v) is 3.23. The number of fused-ring (bicyclic) bond motifs is 1. The summed E-state index contributed by atoms with van der Waals surface area (Å²) in [6.45, 7) is 4.08. The molecule has 1 aliphatic heterocycles. The van der Waals surface area contributed by atoms with E-state index in [1.54, 1.807) is 0 Å². The van der Waals surface area contributed by atoms with Gasteiger partial charge in [0, 0.05) is 11.3 Å². The molecule has 1 aliphatic rings. The Morgan fingerprint density at radius 2 is 2.08 bits per heavy atom. The van der Waals surface area contributed by atoms with Gasteiger partial charge in [-0.1, -0.05) is 30.9 Å². The summed E-state index contributed by atoms with van der Waals surface area (Å²) in [4.78, 5) is 0. The average Bonchev–Trinajstić information content (AvgIpc) is 2.14. The predicted octanol–water partition coefficient (Wildman–Crippen LogP) is 3.42. The normalized spacial score (nSPS) is 18.0. The largest absolute Gasteiger partial charge is 0.362 e. The average molecular weight is 171 g/mol. The SMILES string of the molecule is C=C1CC/C=C\Nc2ccccc21. The second kappa shape index (κ2) is 3.48. The molecule has 1 heteroatoms. The van der Waals surface area contributed by atoms with Crippen molar-refractivity contribution in [2.45, 2.75) is 12.8 Å². The highest BCUT2D eigenvalue weighted by Gasteiger charge is 2.05. The molecule has 1 aromatic carbocycles. The molecule has 1 nitrogen and oxygen atoms in total. The van der Waals surface area contributed by atoms with Crippen LogP contribution < -0.4 is 5.32 Å². The van der Waals surface area contributed by atoms with E-state index in [1.807, 2.05) is 12.3 Å². The molecule has 1 heterocycles. The van der Waals surface area contributed by atoms with Crippen molar-refractivity contribution < 1.29 is 0 Å². The van der Waals surface area contributed by atoms with Crippen LogP contribution in [0.1, 0.15) is 18.4 Å². The first kappa shape index (κ1) is 8.11. The number of allylic oxidation sites excluding steroid dienone is 2. The Morgan fingerprint density at radius 1 is 1.23 bits per heavy atom. The smallest absolute Gasteiger partial charge is 0.0455 e. The fraction of sp³-hybridized carbons (Fsp3) is 0.167. The van der Waals surface area contributed by atoms with Gasteiger partial charge in [0.2, 0.25) is 0 Å². The van der Waals surface area contributed by atoms with Crippen molar-refractivity contribution in [1.29, 1.82) is 0 Å². The van der Waals surface area contributed by atoms with Gasteiger partial charge >= 0.3 is 0 Å². The predicted molar refractivity (Wildman–Crippen MR) is 57.5 cm³/mol. The molecule has 0 atom stereocenters. The number of hydrogen-bond donors (Lipinski definition) is 1. The summed E-state index contributed by atoms with van der Waals surface area (Å²) in [5.74, 6) is 0. The van der Waals surface area contributed by atoms with E-state index in [4.69, 9.17) is 0 Å². The third kappa shape index (κ3) is 1.64. The monoisotopic (exact) mass is 171 g/mol. The lowest BCUT2D eigenvalue weighted by molar-refractivity contribution is 1.06. The number of hydrogen-bond acceptors (Lipinski definition) is 1. The van der Waals surface area contributed by atoms with Gasteiger partial charge in [-0.3, -0.25) is 0 Å². The molecule has 0 radical (unpaired) electrons. The van der Waals surface area contributed by atoms with Crippen LogP contribution in [0.25, 0.3) is 5.57 Å². The Hall–Kier alpha value is -1.50.